The van der Waals surface area contributed by atoms with Gasteiger partial charge in [0.05, 0.1) is 13.0 Å². The molecule has 0 spiro atoms. The summed E-state index contributed by atoms with van der Waals surface area (Å²) >= 11 is 0. The van der Waals surface area contributed by atoms with Crippen molar-refractivity contribution in [2.45, 2.75) is 27.2 Å². The van der Waals surface area contributed by atoms with Gasteiger partial charge >= 0.3 is 5.97 Å². The van der Waals surface area contributed by atoms with Crippen molar-refractivity contribution < 1.29 is 9.53 Å². The van der Waals surface area contributed by atoms with E-state index in [0.717, 1.165) is 5.56 Å². The van der Waals surface area contributed by atoms with Crippen LogP contribution in [0.25, 0.3) is 0 Å². The molecule has 2 nitrogen and oxygen atoms in total. The fourth-order valence-electron chi connectivity index (χ4n) is 1.11. The predicted molar refractivity (Wildman–Crippen MR) is 60.6 cm³/mol. The Labute approximate surface area is 91.3 Å². The van der Waals surface area contributed by atoms with E-state index in [4.69, 9.17) is 4.74 Å². The van der Waals surface area contributed by atoms with Gasteiger partial charge in [-0.1, -0.05) is 51.1 Å². The van der Waals surface area contributed by atoms with Gasteiger partial charge in [-0.05, 0) is 11.0 Å². The average molecular weight is 206 g/mol. The third kappa shape index (κ3) is 5.21. The van der Waals surface area contributed by atoms with Gasteiger partial charge in [0.1, 0.15) is 0 Å². The molecule has 2 heteroatoms. The van der Waals surface area contributed by atoms with Crippen LogP contribution >= 0.6 is 0 Å². The van der Waals surface area contributed by atoms with Crippen LogP contribution in [0.2, 0.25) is 0 Å². The maximum atomic E-state index is 11.4. The topological polar surface area (TPSA) is 26.3 Å². The maximum Gasteiger partial charge on any atom is 0.310 e. The van der Waals surface area contributed by atoms with Crippen molar-refractivity contribution in [3.8, 4) is 0 Å². The summed E-state index contributed by atoms with van der Waals surface area (Å²) in [5.41, 5.74) is 1.03. The Morgan fingerprint density at radius 1 is 1.20 bits per heavy atom. The lowest BCUT2D eigenvalue weighted by molar-refractivity contribution is -0.145. The van der Waals surface area contributed by atoms with E-state index in [1.54, 1.807) is 0 Å². The van der Waals surface area contributed by atoms with Crippen molar-refractivity contribution in [3.63, 3.8) is 0 Å². The number of carbonyl (C=O) groups excluding carboxylic acids is 1. The summed E-state index contributed by atoms with van der Waals surface area (Å²) in [4.78, 5) is 11.4. The van der Waals surface area contributed by atoms with E-state index in [-0.39, 0.29) is 11.4 Å². The van der Waals surface area contributed by atoms with Crippen molar-refractivity contribution in [1.82, 2.24) is 0 Å². The molecule has 0 aliphatic carbocycles. The van der Waals surface area contributed by atoms with Crippen molar-refractivity contribution in [2.24, 2.45) is 5.41 Å². The molecule has 0 atom stereocenters. The zero-order valence-electron chi connectivity index (χ0n) is 9.62. The summed E-state index contributed by atoms with van der Waals surface area (Å²) in [6.07, 6.45) is 0.358. The predicted octanol–water partition coefficient (Wildman–Crippen LogP) is 2.82. The lowest BCUT2D eigenvalue weighted by Crippen LogP contribution is -2.19. The summed E-state index contributed by atoms with van der Waals surface area (Å²) in [5.74, 6) is -0.156. The Hall–Kier alpha value is -1.31. The van der Waals surface area contributed by atoms with Crippen LogP contribution in [0.4, 0.5) is 0 Å². The van der Waals surface area contributed by atoms with Crippen LogP contribution in [-0.4, -0.2) is 12.6 Å². The van der Waals surface area contributed by atoms with Gasteiger partial charge in [-0.3, -0.25) is 4.79 Å². The number of ether oxygens (including phenoxy) is 1. The van der Waals surface area contributed by atoms with Gasteiger partial charge in [0.15, 0.2) is 0 Å². The van der Waals surface area contributed by atoms with Crippen LogP contribution < -0.4 is 0 Å². The zero-order valence-corrected chi connectivity index (χ0v) is 9.62. The summed E-state index contributed by atoms with van der Waals surface area (Å²) < 4.78 is 5.17. The molecule has 15 heavy (non-hydrogen) atoms. The van der Waals surface area contributed by atoms with E-state index >= 15 is 0 Å². The summed E-state index contributed by atoms with van der Waals surface area (Å²) in [7, 11) is 0. The van der Waals surface area contributed by atoms with Crippen LogP contribution in [0.3, 0.4) is 0 Å². The minimum Gasteiger partial charge on any atom is -0.465 e. The highest BCUT2D eigenvalue weighted by Crippen LogP contribution is 2.13. The first-order valence-corrected chi connectivity index (χ1v) is 5.17. The Kier molecular flexibility index (Phi) is 3.89. The molecule has 1 rings (SSSR count). The van der Waals surface area contributed by atoms with Gasteiger partial charge in [-0.25, -0.2) is 0 Å². The molecule has 1 aromatic carbocycles. The molecule has 0 heterocycles. The van der Waals surface area contributed by atoms with E-state index in [1.165, 1.54) is 0 Å². The van der Waals surface area contributed by atoms with Crippen molar-refractivity contribution in [1.29, 1.82) is 0 Å². The molecule has 0 saturated heterocycles. The van der Waals surface area contributed by atoms with Crippen molar-refractivity contribution in [2.75, 3.05) is 6.61 Å². The SMILES string of the molecule is CC(C)(C)COC(=O)Cc1ccccc1. The molecule has 0 radical (unpaired) electrons. The first kappa shape index (κ1) is 11.8. The second-order valence-electron chi connectivity index (χ2n) is 4.88. The fourth-order valence-corrected chi connectivity index (χ4v) is 1.11. The number of esters is 1. The highest BCUT2D eigenvalue weighted by atomic mass is 16.5. The summed E-state index contributed by atoms with van der Waals surface area (Å²) in [5, 5.41) is 0. The standard InChI is InChI=1S/C13H18O2/c1-13(2,3)10-15-12(14)9-11-7-5-4-6-8-11/h4-8H,9-10H2,1-3H3. The Morgan fingerprint density at radius 2 is 1.80 bits per heavy atom. The van der Waals surface area contributed by atoms with Crippen LogP contribution in [0, 0.1) is 5.41 Å². The molecule has 0 bridgehead atoms. The molecular formula is C13H18O2. The Balaban J connectivity index is 2.38. The van der Waals surface area contributed by atoms with Gasteiger partial charge in [0, 0.05) is 0 Å². The van der Waals surface area contributed by atoms with E-state index in [1.807, 2.05) is 51.1 Å². The number of hydrogen-bond acceptors (Lipinski definition) is 2. The van der Waals surface area contributed by atoms with Crippen molar-refractivity contribution in [3.05, 3.63) is 35.9 Å². The van der Waals surface area contributed by atoms with E-state index in [9.17, 15) is 4.79 Å². The van der Waals surface area contributed by atoms with E-state index < -0.39 is 0 Å². The van der Waals surface area contributed by atoms with Gasteiger partial charge in [-0.15, -0.1) is 0 Å². The average Bonchev–Trinajstić information content (AvgIpc) is 2.15. The largest absolute Gasteiger partial charge is 0.465 e. The zero-order chi connectivity index (χ0) is 11.3. The van der Waals surface area contributed by atoms with Gasteiger partial charge in [0.2, 0.25) is 0 Å². The lowest BCUT2D eigenvalue weighted by Gasteiger charge is -2.17. The third-order valence-corrected chi connectivity index (χ3v) is 1.86. The minimum absolute atomic E-state index is 0.0341. The Morgan fingerprint density at radius 3 is 2.33 bits per heavy atom. The second-order valence-corrected chi connectivity index (χ2v) is 4.88. The third-order valence-electron chi connectivity index (χ3n) is 1.86. The fraction of sp³-hybridized carbons (Fsp3) is 0.462. The van der Waals surface area contributed by atoms with E-state index in [2.05, 4.69) is 0 Å². The number of benzene rings is 1. The molecule has 0 unspecified atom stereocenters. The number of carbonyl (C=O) groups is 1. The van der Waals surface area contributed by atoms with Crippen LogP contribution in [0.15, 0.2) is 30.3 Å². The molecular weight excluding hydrogens is 188 g/mol. The lowest BCUT2D eigenvalue weighted by atomic mass is 9.99. The van der Waals surface area contributed by atoms with Crippen LogP contribution in [0.1, 0.15) is 26.3 Å². The quantitative estimate of drug-likeness (QED) is 0.711. The maximum absolute atomic E-state index is 11.4. The first-order valence-electron chi connectivity index (χ1n) is 5.17. The smallest absolute Gasteiger partial charge is 0.310 e. The second kappa shape index (κ2) is 4.96. The van der Waals surface area contributed by atoms with Gasteiger partial charge < -0.3 is 4.74 Å². The minimum atomic E-state index is -0.156. The van der Waals surface area contributed by atoms with Crippen LogP contribution in [-0.2, 0) is 16.0 Å². The van der Waals surface area contributed by atoms with Crippen LogP contribution in [0.5, 0.6) is 0 Å². The van der Waals surface area contributed by atoms with Crippen molar-refractivity contribution >= 4 is 5.97 Å². The monoisotopic (exact) mass is 206 g/mol. The molecule has 0 N–H and O–H groups in total. The number of hydrogen-bond donors (Lipinski definition) is 0. The normalized spacial score (nSPS) is 11.1. The summed E-state index contributed by atoms with van der Waals surface area (Å²) in [6.45, 7) is 6.60. The Bertz CT molecular complexity index is 309. The molecule has 0 saturated carbocycles. The molecule has 0 amide bonds. The van der Waals surface area contributed by atoms with E-state index in [0.29, 0.717) is 13.0 Å². The highest BCUT2D eigenvalue weighted by molar-refractivity contribution is 5.72. The molecule has 0 aliphatic heterocycles. The first-order chi connectivity index (χ1) is 6.97. The van der Waals surface area contributed by atoms with Gasteiger partial charge in [-0.2, -0.15) is 0 Å². The summed E-state index contributed by atoms with van der Waals surface area (Å²) in [6, 6.07) is 9.64. The molecule has 0 aromatic heterocycles. The number of rotatable bonds is 3. The molecule has 1 aromatic rings. The molecule has 0 aliphatic rings. The highest BCUT2D eigenvalue weighted by Gasteiger charge is 2.13. The molecule has 0 fully saturated rings. The molecule has 82 valence electrons. The van der Waals surface area contributed by atoms with Gasteiger partial charge in [0.25, 0.3) is 0 Å².